The molecule has 8 rings (SSSR count). The summed E-state index contributed by atoms with van der Waals surface area (Å²) in [6.45, 7) is 6.68. The van der Waals surface area contributed by atoms with Crippen LogP contribution in [0.1, 0.15) is 65.6 Å². The van der Waals surface area contributed by atoms with Crippen LogP contribution in [0.5, 0.6) is 0 Å². The van der Waals surface area contributed by atoms with E-state index in [0.717, 1.165) is 111 Å². The maximum absolute atomic E-state index is 13.9. The van der Waals surface area contributed by atoms with Gasteiger partial charge in [0, 0.05) is 100 Å². The van der Waals surface area contributed by atoms with Crippen LogP contribution in [-0.2, 0) is 34.6 Å². The number of likely N-dealkylation sites (N-methyl/N-ethyl adjacent to an activating group) is 1. The van der Waals surface area contributed by atoms with E-state index >= 15 is 0 Å². The fourth-order valence-corrected chi connectivity index (χ4v) is 9.46. The molecule has 0 aliphatic carbocycles. The zero-order valence-corrected chi connectivity index (χ0v) is 35.8. The van der Waals surface area contributed by atoms with Crippen LogP contribution in [0.4, 0.5) is 27.5 Å². The van der Waals surface area contributed by atoms with Crippen molar-refractivity contribution in [2.75, 3.05) is 74.7 Å². The van der Waals surface area contributed by atoms with E-state index in [1.807, 2.05) is 12.1 Å². The lowest BCUT2D eigenvalue weighted by Crippen LogP contribution is -2.50. The number of aliphatic imine (C=N–C) groups is 1. The highest BCUT2D eigenvalue weighted by atomic mass is 32.2. The van der Waals surface area contributed by atoms with Gasteiger partial charge >= 0.3 is 0 Å². The SMILES string of the molecule is CN(C1=NC=CNC1CNc1nc(Nc2ccc(CNC3CCN(CC4CCN(c5ccc6c(c5)C(=O)N(C5CCCNC5=O)C6)CC4)CC3)cc2)ncc1CF)S(C)(=O)=O. The first-order valence-corrected chi connectivity index (χ1v) is 23.2. The van der Waals surface area contributed by atoms with Crippen molar-refractivity contribution in [2.24, 2.45) is 10.9 Å². The number of nitrogens with one attached hydrogen (secondary N) is 5. The van der Waals surface area contributed by atoms with E-state index in [0.29, 0.717) is 42.7 Å². The van der Waals surface area contributed by atoms with Crippen molar-refractivity contribution >= 4 is 50.8 Å². The number of rotatable bonds is 14. The molecule has 16 nitrogen and oxygen atoms in total. The molecular weight excluding hydrogens is 800 g/mol. The number of likely N-dealkylation sites (tertiary alicyclic amines) is 1. The Morgan fingerprint density at radius 3 is 2.52 bits per heavy atom. The van der Waals surface area contributed by atoms with E-state index in [1.54, 1.807) is 11.1 Å². The first-order valence-electron chi connectivity index (χ1n) is 21.4. The zero-order chi connectivity index (χ0) is 42.5. The normalized spacial score (nSPS) is 21.5. The highest BCUT2D eigenvalue weighted by Crippen LogP contribution is 2.32. The molecule has 0 spiro atoms. The number of hydrogen-bond acceptors (Lipinski definition) is 13. The molecule has 2 amide bonds. The molecule has 1 aromatic heterocycles. The first kappa shape index (κ1) is 42.4. The third kappa shape index (κ3) is 10.1. The van der Waals surface area contributed by atoms with Crippen LogP contribution < -0.4 is 31.5 Å². The molecule has 6 heterocycles. The van der Waals surface area contributed by atoms with Gasteiger partial charge in [0.25, 0.3) is 5.91 Å². The van der Waals surface area contributed by atoms with Crippen molar-refractivity contribution in [3.63, 3.8) is 0 Å². The predicted molar refractivity (Wildman–Crippen MR) is 235 cm³/mol. The molecule has 0 radical (unpaired) electrons. The van der Waals surface area contributed by atoms with E-state index in [-0.39, 0.29) is 30.0 Å². The third-order valence-electron chi connectivity index (χ3n) is 12.6. The van der Waals surface area contributed by atoms with Gasteiger partial charge in [-0.1, -0.05) is 18.2 Å². The molecule has 3 fully saturated rings. The highest BCUT2D eigenvalue weighted by Gasteiger charge is 2.38. The second-order valence-corrected chi connectivity index (χ2v) is 18.8. The summed E-state index contributed by atoms with van der Waals surface area (Å²) < 4.78 is 39.3. The molecule has 2 unspecified atom stereocenters. The number of aromatic nitrogens is 2. The summed E-state index contributed by atoms with van der Waals surface area (Å²) in [7, 11) is -2.08. The number of amidine groups is 1. The van der Waals surface area contributed by atoms with Crippen LogP contribution >= 0.6 is 0 Å². The molecule has 0 bridgehead atoms. The maximum atomic E-state index is 13.9. The van der Waals surface area contributed by atoms with E-state index in [4.69, 9.17) is 0 Å². The molecule has 5 aliphatic rings. The second-order valence-electron chi connectivity index (χ2n) is 16.8. The zero-order valence-electron chi connectivity index (χ0n) is 34.9. The minimum atomic E-state index is -3.52. The Morgan fingerprint density at radius 2 is 1.79 bits per heavy atom. The largest absolute Gasteiger partial charge is 0.378 e. The number of amides is 2. The van der Waals surface area contributed by atoms with Gasteiger partial charge in [0.1, 0.15) is 30.4 Å². The van der Waals surface area contributed by atoms with E-state index in [2.05, 4.69) is 81.7 Å². The Labute approximate surface area is 357 Å². The van der Waals surface area contributed by atoms with Crippen molar-refractivity contribution in [1.82, 2.24) is 40.0 Å². The fraction of sp³-hybridized carbons (Fsp3) is 0.512. The van der Waals surface area contributed by atoms with Gasteiger partial charge in [0.15, 0.2) is 0 Å². The standard InChI is InChI=1S/C43H57FN12O4S/c1-53(61(2,59)60)40-37(45-16-17-46-40)26-49-39-32(23-44)25-50-43(52-39)51-34-8-5-29(6-9-34)24-48-33-13-18-54(19-14-33)27-30-11-20-55(21-12-30)35-10-7-31-28-56(42(58)36(31)22-35)38-4-3-15-47-41(38)57/h5-10,16-17,22,25,30,33,37-38,45,48H,3-4,11-15,18-21,23-24,26-28H2,1-2H3,(H,47,57)(H2,49,50,51,52). The smallest absolute Gasteiger partial charge is 0.255 e. The predicted octanol–water partition coefficient (Wildman–Crippen LogP) is 3.54. The van der Waals surface area contributed by atoms with Crippen LogP contribution in [-0.4, -0.2) is 127 Å². The number of hydrogen-bond donors (Lipinski definition) is 5. The molecule has 61 heavy (non-hydrogen) atoms. The van der Waals surface area contributed by atoms with Crippen LogP contribution in [0.25, 0.3) is 0 Å². The van der Waals surface area contributed by atoms with Crippen molar-refractivity contribution in [3.05, 3.63) is 83.3 Å². The molecule has 0 saturated carbocycles. The number of sulfonamides is 1. The van der Waals surface area contributed by atoms with Gasteiger partial charge in [-0.3, -0.25) is 13.9 Å². The lowest BCUT2D eigenvalue weighted by Gasteiger charge is -2.38. The number of carbonyl (C=O) groups is 2. The molecule has 3 saturated heterocycles. The molecule has 3 aromatic rings. The molecule has 5 aliphatic heterocycles. The number of carbonyl (C=O) groups excluding carboxylic acids is 2. The molecular formula is C43H57FN12O4S. The van der Waals surface area contributed by atoms with Crippen LogP contribution in [0.2, 0.25) is 0 Å². The Morgan fingerprint density at radius 1 is 1.00 bits per heavy atom. The van der Waals surface area contributed by atoms with Crippen molar-refractivity contribution < 1.29 is 22.4 Å². The molecule has 18 heteroatoms. The van der Waals surface area contributed by atoms with Gasteiger partial charge < -0.3 is 41.3 Å². The average molecular weight is 857 g/mol. The second kappa shape index (κ2) is 18.7. The summed E-state index contributed by atoms with van der Waals surface area (Å²) in [6.07, 6.45) is 11.8. The van der Waals surface area contributed by atoms with Crippen molar-refractivity contribution in [3.8, 4) is 0 Å². The third-order valence-corrected chi connectivity index (χ3v) is 13.8. The lowest BCUT2D eigenvalue weighted by atomic mass is 9.94. The quantitative estimate of drug-likeness (QED) is 0.160. The topological polar surface area (TPSA) is 180 Å². The van der Waals surface area contributed by atoms with E-state index < -0.39 is 22.7 Å². The summed E-state index contributed by atoms with van der Waals surface area (Å²) in [5.74, 6) is 1.53. The summed E-state index contributed by atoms with van der Waals surface area (Å²) in [6, 6.07) is 14.0. The van der Waals surface area contributed by atoms with Crippen LogP contribution in [0.3, 0.4) is 0 Å². The van der Waals surface area contributed by atoms with E-state index in [9.17, 15) is 22.4 Å². The number of halogens is 1. The number of fused-ring (bicyclic) bond motifs is 1. The monoisotopic (exact) mass is 856 g/mol. The Bertz CT molecular complexity index is 2230. The number of nitrogens with zero attached hydrogens (tertiary/aromatic N) is 7. The molecule has 2 aromatic carbocycles. The van der Waals surface area contributed by atoms with Gasteiger partial charge in [-0.05, 0) is 92.9 Å². The van der Waals surface area contributed by atoms with E-state index in [1.165, 1.54) is 25.0 Å². The Kier molecular flexibility index (Phi) is 13.0. The van der Waals surface area contributed by atoms with Gasteiger partial charge in [-0.2, -0.15) is 4.98 Å². The lowest BCUT2D eigenvalue weighted by molar-refractivity contribution is -0.127. The summed E-state index contributed by atoms with van der Waals surface area (Å²) >= 11 is 0. The Hall–Kier alpha value is -5.33. The maximum Gasteiger partial charge on any atom is 0.255 e. The van der Waals surface area contributed by atoms with Crippen molar-refractivity contribution in [2.45, 2.75) is 76.4 Å². The molecule has 5 N–H and O–H groups in total. The van der Waals surface area contributed by atoms with Crippen LogP contribution in [0.15, 0.2) is 66.1 Å². The van der Waals surface area contributed by atoms with Crippen LogP contribution in [0, 0.1) is 5.92 Å². The fourth-order valence-electron chi connectivity index (χ4n) is 8.94. The molecule has 2 atom stereocenters. The van der Waals surface area contributed by atoms with Gasteiger partial charge in [0.2, 0.25) is 21.9 Å². The average Bonchev–Trinajstić information content (AvgIpc) is 3.60. The number of piperidine rings is 3. The number of alkyl halides is 1. The minimum Gasteiger partial charge on any atom is -0.378 e. The highest BCUT2D eigenvalue weighted by molar-refractivity contribution is 7.88. The van der Waals surface area contributed by atoms with Gasteiger partial charge in [0.05, 0.1) is 6.26 Å². The first-order chi connectivity index (χ1) is 29.5. The molecule has 326 valence electrons. The van der Waals surface area contributed by atoms with Gasteiger partial charge in [-0.15, -0.1) is 0 Å². The summed E-state index contributed by atoms with van der Waals surface area (Å²) in [4.78, 5) is 45.7. The minimum absolute atomic E-state index is 0.0186. The summed E-state index contributed by atoms with van der Waals surface area (Å²) in [5, 5.41) is 16.1. The number of anilines is 4. The Balaban J connectivity index is 0.750. The van der Waals surface area contributed by atoms with Crippen molar-refractivity contribution in [1.29, 1.82) is 0 Å². The van der Waals surface area contributed by atoms with Gasteiger partial charge in [-0.25, -0.2) is 22.8 Å². The summed E-state index contributed by atoms with van der Waals surface area (Å²) in [5.41, 5.74) is 5.12. The number of benzene rings is 2.